The standard InChI is InChI=1S/C7H13NS3/c1-6(2)7(11-10-3)4-8-5-9/h6-7H,4H2,1-3H3/t7-/m0/s1. The van der Waals surface area contributed by atoms with Gasteiger partial charge in [0, 0.05) is 5.25 Å². The monoisotopic (exact) mass is 207 g/mol. The van der Waals surface area contributed by atoms with E-state index in [1.165, 1.54) is 0 Å². The van der Waals surface area contributed by atoms with E-state index in [0.29, 0.717) is 11.2 Å². The second kappa shape index (κ2) is 7.17. The molecule has 0 saturated carbocycles. The van der Waals surface area contributed by atoms with Gasteiger partial charge in [-0.15, -0.1) is 0 Å². The van der Waals surface area contributed by atoms with E-state index in [-0.39, 0.29) is 0 Å². The fourth-order valence-electron chi connectivity index (χ4n) is 0.603. The lowest BCUT2D eigenvalue weighted by atomic mass is 10.1. The van der Waals surface area contributed by atoms with Gasteiger partial charge in [-0.25, -0.2) is 4.99 Å². The van der Waals surface area contributed by atoms with E-state index >= 15 is 0 Å². The molecule has 1 nitrogen and oxygen atoms in total. The van der Waals surface area contributed by atoms with E-state index in [9.17, 15) is 0 Å². The van der Waals surface area contributed by atoms with Gasteiger partial charge in [-0.2, -0.15) is 0 Å². The van der Waals surface area contributed by atoms with E-state index in [0.717, 1.165) is 6.54 Å². The second-order valence-electron chi connectivity index (χ2n) is 2.48. The van der Waals surface area contributed by atoms with Gasteiger partial charge in [0.15, 0.2) is 0 Å². The largest absolute Gasteiger partial charge is 0.231 e. The van der Waals surface area contributed by atoms with Gasteiger partial charge in [0.2, 0.25) is 0 Å². The molecule has 0 aliphatic rings. The van der Waals surface area contributed by atoms with E-state index in [1.807, 2.05) is 10.8 Å². The molecule has 0 aromatic heterocycles. The first-order valence-corrected chi connectivity index (χ1v) is 6.48. The molecule has 0 amide bonds. The van der Waals surface area contributed by atoms with Crippen LogP contribution in [0.2, 0.25) is 0 Å². The molecular formula is C7H13NS3. The van der Waals surface area contributed by atoms with Crippen molar-refractivity contribution in [2.24, 2.45) is 10.9 Å². The van der Waals surface area contributed by atoms with Crippen LogP contribution in [0.4, 0.5) is 0 Å². The third kappa shape index (κ3) is 5.74. The number of nitrogens with zero attached hydrogens (tertiary/aromatic N) is 1. The highest BCUT2D eigenvalue weighted by molar-refractivity contribution is 8.76. The molecule has 0 spiro atoms. The topological polar surface area (TPSA) is 12.4 Å². The highest BCUT2D eigenvalue weighted by atomic mass is 33.1. The molecule has 0 aromatic carbocycles. The third-order valence-electron chi connectivity index (χ3n) is 1.30. The number of hydrogen-bond donors (Lipinski definition) is 0. The maximum atomic E-state index is 4.51. The molecule has 0 aliphatic heterocycles. The Morgan fingerprint density at radius 2 is 2.18 bits per heavy atom. The van der Waals surface area contributed by atoms with E-state index in [1.54, 1.807) is 10.8 Å². The van der Waals surface area contributed by atoms with Crippen molar-refractivity contribution >= 4 is 39.0 Å². The molecule has 0 heterocycles. The molecule has 0 radical (unpaired) electrons. The van der Waals surface area contributed by atoms with Crippen LogP contribution in [0, 0.1) is 5.92 Å². The molecule has 0 N–H and O–H groups in total. The lowest BCUT2D eigenvalue weighted by Gasteiger charge is -2.15. The van der Waals surface area contributed by atoms with Crippen LogP contribution >= 0.6 is 33.8 Å². The lowest BCUT2D eigenvalue weighted by molar-refractivity contribution is 0.617. The van der Waals surface area contributed by atoms with Crippen LogP contribution in [0.15, 0.2) is 4.99 Å². The first-order valence-electron chi connectivity index (χ1n) is 3.45. The van der Waals surface area contributed by atoms with Crippen LogP contribution < -0.4 is 0 Å². The van der Waals surface area contributed by atoms with Crippen molar-refractivity contribution in [2.75, 3.05) is 12.8 Å². The molecule has 0 rings (SSSR count). The summed E-state index contributed by atoms with van der Waals surface area (Å²) in [5, 5.41) is 2.97. The molecule has 64 valence electrons. The van der Waals surface area contributed by atoms with Crippen molar-refractivity contribution in [3.63, 3.8) is 0 Å². The molecule has 0 unspecified atom stereocenters. The summed E-state index contributed by atoms with van der Waals surface area (Å²) in [4.78, 5) is 3.94. The summed E-state index contributed by atoms with van der Waals surface area (Å²) in [5.74, 6) is 0.652. The molecule has 0 fully saturated rings. The van der Waals surface area contributed by atoms with Crippen molar-refractivity contribution in [3.05, 3.63) is 0 Å². The first-order chi connectivity index (χ1) is 5.22. The number of isothiocyanates is 1. The minimum Gasteiger partial charge on any atom is -0.231 e. The zero-order chi connectivity index (χ0) is 8.69. The minimum atomic E-state index is 0.570. The number of rotatable bonds is 5. The summed E-state index contributed by atoms with van der Waals surface area (Å²) in [6.45, 7) is 5.20. The molecule has 0 bridgehead atoms. The maximum absolute atomic E-state index is 4.51. The van der Waals surface area contributed by atoms with Crippen LogP contribution in [-0.4, -0.2) is 23.2 Å². The van der Waals surface area contributed by atoms with Crippen LogP contribution in [0.5, 0.6) is 0 Å². The summed E-state index contributed by atoms with van der Waals surface area (Å²) in [5.41, 5.74) is 0. The minimum absolute atomic E-state index is 0.570. The van der Waals surface area contributed by atoms with Crippen LogP contribution in [0.3, 0.4) is 0 Å². The van der Waals surface area contributed by atoms with Gasteiger partial charge >= 0.3 is 0 Å². The molecule has 11 heavy (non-hydrogen) atoms. The highest BCUT2D eigenvalue weighted by Gasteiger charge is 2.12. The van der Waals surface area contributed by atoms with Gasteiger partial charge in [-0.05, 0) is 24.4 Å². The summed E-state index contributed by atoms with van der Waals surface area (Å²) in [6.07, 6.45) is 2.08. The summed E-state index contributed by atoms with van der Waals surface area (Å²) in [7, 11) is 3.64. The van der Waals surface area contributed by atoms with Crippen LogP contribution in [0.1, 0.15) is 13.8 Å². The molecular weight excluding hydrogens is 194 g/mol. The Bertz CT molecular complexity index is 141. The average molecular weight is 207 g/mol. The normalized spacial score (nSPS) is 12.7. The van der Waals surface area contributed by atoms with E-state index in [4.69, 9.17) is 0 Å². The fraction of sp³-hybridized carbons (Fsp3) is 0.857. The average Bonchev–Trinajstić information content (AvgIpc) is 1.97. The predicted octanol–water partition coefficient (Wildman–Crippen LogP) is 3.13. The van der Waals surface area contributed by atoms with Crippen molar-refractivity contribution < 1.29 is 0 Å². The Morgan fingerprint density at radius 1 is 1.55 bits per heavy atom. The summed E-state index contributed by atoms with van der Waals surface area (Å²) < 4.78 is 0. The SMILES string of the molecule is CSS[C@@H](CN=C=S)C(C)C. The Hall–Kier alpha value is 0.500. The fourth-order valence-corrected chi connectivity index (χ4v) is 2.87. The molecule has 1 atom stereocenters. The van der Waals surface area contributed by atoms with Gasteiger partial charge in [0.25, 0.3) is 0 Å². The van der Waals surface area contributed by atoms with Crippen molar-refractivity contribution in [3.8, 4) is 0 Å². The van der Waals surface area contributed by atoms with Crippen LogP contribution in [0.25, 0.3) is 0 Å². The zero-order valence-electron chi connectivity index (χ0n) is 7.03. The Balaban J connectivity index is 3.78. The van der Waals surface area contributed by atoms with Crippen molar-refractivity contribution in [2.45, 2.75) is 19.1 Å². The molecule has 0 aliphatic carbocycles. The number of hydrogen-bond acceptors (Lipinski definition) is 4. The van der Waals surface area contributed by atoms with E-state index < -0.39 is 0 Å². The van der Waals surface area contributed by atoms with Gasteiger partial charge < -0.3 is 0 Å². The number of thiocarbonyl (C=S) groups is 1. The van der Waals surface area contributed by atoms with Crippen molar-refractivity contribution in [1.82, 2.24) is 0 Å². The summed E-state index contributed by atoms with van der Waals surface area (Å²) in [6, 6.07) is 0. The number of aliphatic imine (C=N–C) groups is 1. The zero-order valence-corrected chi connectivity index (χ0v) is 9.48. The predicted molar refractivity (Wildman–Crippen MR) is 59.6 cm³/mol. The van der Waals surface area contributed by atoms with Gasteiger partial charge in [-0.1, -0.05) is 35.4 Å². The molecule has 0 aromatic rings. The lowest BCUT2D eigenvalue weighted by Crippen LogP contribution is -2.13. The smallest absolute Gasteiger partial charge is 0.0622 e. The van der Waals surface area contributed by atoms with Gasteiger partial charge in [0.1, 0.15) is 0 Å². The third-order valence-corrected chi connectivity index (χ3v) is 3.88. The highest BCUT2D eigenvalue weighted by Crippen LogP contribution is 2.28. The second-order valence-corrected chi connectivity index (χ2v) is 5.37. The van der Waals surface area contributed by atoms with Crippen LogP contribution in [-0.2, 0) is 0 Å². The molecule has 4 heteroatoms. The quantitative estimate of drug-likeness (QED) is 0.390. The Morgan fingerprint density at radius 3 is 2.55 bits per heavy atom. The van der Waals surface area contributed by atoms with Crippen molar-refractivity contribution in [1.29, 1.82) is 0 Å². The van der Waals surface area contributed by atoms with Gasteiger partial charge in [-0.3, -0.25) is 0 Å². The molecule has 0 saturated heterocycles. The maximum Gasteiger partial charge on any atom is 0.0622 e. The Kier molecular flexibility index (Phi) is 7.49. The summed E-state index contributed by atoms with van der Waals surface area (Å²) >= 11 is 4.51. The Labute approximate surface area is 81.8 Å². The van der Waals surface area contributed by atoms with E-state index in [2.05, 4.69) is 42.5 Å². The van der Waals surface area contributed by atoms with Gasteiger partial charge in [0.05, 0.1) is 11.7 Å². The first kappa shape index (κ1) is 11.5.